The van der Waals surface area contributed by atoms with Crippen LogP contribution in [0.1, 0.15) is 26.7 Å². The Labute approximate surface area is 113 Å². The third-order valence-electron chi connectivity index (χ3n) is 2.53. The van der Waals surface area contributed by atoms with E-state index in [1.165, 1.54) is 12.1 Å². The molecule has 0 amide bonds. The van der Waals surface area contributed by atoms with Crippen LogP contribution in [-0.4, -0.2) is 17.6 Å². The van der Waals surface area contributed by atoms with E-state index in [-0.39, 0.29) is 11.7 Å². The van der Waals surface area contributed by atoms with Crippen LogP contribution in [0.2, 0.25) is 0 Å². The molecule has 19 heavy (non-hydrogen) atoms. The second-order valence-electron chi connectivity index (χ2n) is 4.06. The standard InChI is InChI=1S/C14H18N2O3/c1-4-7-11(5-2)15-12-8-13(16(17)18)10-14(9-12)19-6-3/h2,8-11,15H,4,6-7H2,1,3H3. The molecule has 1 rings (SSSR count). The number of nitrogens with one attached hydrogen (secondary N) is 1. The average Bonchev–Trinajstić information content (AvgIpc) is 2.38. The Morgan fingerprint density at radius 2 is 2.21 bits per heavy atom. The van der Waals surface area contributed by atoms with Crippen LogP contribution in [0.15, 0.2) is 18.2 Å². The molecule has 0 aliphatic rings. The molecule has 0 aliphatic carbocycles. The molecule has 1 N–H and O–H groups in total. The second-order valence-corrected chi connectivity index (χ2v) is 4.06. The molecule has 0 heterocycles. The Morgan fingerprint density at radius 1 is 1.47 bits per heavy atom. The number of benzene rings is 1. The van der Waals surface area contributed by atoms with Gasteiger partial charge in [0.1, 0.15) is 5.75 Å². The fourth-order valence-electron chi connectivity index (χ4n) is 1.71. The highest BCUT2D eigenvalue weighted by atomic mass is 16.6. The number of ether oxygens (including phenoxy) is 1. The molecule has 1 unspecified atom stereocenters. The van der Waals surface area contributed by atoms with Gasteiger partial charge in [0.05, 0.1) is 23.6 Å². The topological polar surface area (TPSA) is 64.4 Å². The predicted molar refractivity (Wildman–Crippen MR) is 75.4 cm³/mol. The molecule has 0 spiro atoms. The summed E-state index contributed by atoms with van der Waals surface area (Å²) < 4.78 is 5.32. The summed E-state index contributed by atoms with van der Waals surface area (Å²) in [6.07, 6.45) is 7.17. The predicted octanol–water partition coefficient (Wildman–Crippen LogP) is 3.21. The van der Waals surface area contributed by atoms with Crippen LogP contribution in [-0.2, 0) is 0 Å². The van der Waals surface area contributed by atoms with Crippen molar-refractivity contribution in [1.29, 1.82) is 0 Å². The lowest BCUT2D eigenvalue weighted by Gasteiger charge is -2.14. The number of nitro groups is 1. The van der Waals surface area contributed by atoms with Gasteiger partial charge in [0.25, 0.3) is 5.69 Å². The first-order chi connectivity index (χ1) is 9.10. The molecule has 0 saturated carbocycles. The van der Waals surface area contributed by atoms with Gasteiger partial charge in [-0.2, -0.15) is 0 Å². The highest BCUT2D eigenvalue weighted by Gasteiger charge is 2.12. The first-order valence-electron chi connectivity index (χ1n) is 6.25. The van der Waals surface area contributed by atoms with E-state index in [2.05, 4.69) is 11.2 Å². The quantitative estimate of drug-likeness (QED) is 0.465. The van der Waals surface area contributed by atoms with Gasteiger partial charge in [0.2, 0.25) is 0 Å². The normalized spacial score (nSPS) is 11.4. The largest absolute Gasteiger partial charge is 0.494 e. The summed E-state index contributed by atoms with van der Waals surface area (Å²) >= 11 is 0. The average molecular weight is 262 g/mol. The van der Waals surface area contributed by atoms with Gasteiger partial charge < -0.3 is 10.1 Å². The fourth-order valence-corrected chi connectivity index (χ4v) is 1.71. The molecule has 1 atom stereocenters. The molecule has 5 heteroatoms. The number of anilines is 1. The molecule has 5 nitrogen and oxygen atoms in total. The molecule has 0 bridgehead atoms. The fraction of sp³-hybridized carbons (Fsp3) is 0.429. The molecule has 0 radical (unpaired) electrons. The molecule has 0 aliphatic heterocycles. The van der Waals surface area contributed by atoms with E-state index in [1.807, 2.05) is 13.8 Å². The van der Waals surface area contributed by atoms with Gasteiger partial charge in [-0.25, -0.2) is 0 Å². The number of hydrogen-bond acceptors (Lipinski definition) is 4. The number of nitrogens with zero attached hydrogens (tertiary/aromatic N) is 1. The van der Waals surface area contributed by atoms with Gasteiger partial charge in [-0.1, -0.05) is 19.3 Å². The van der Waals surface area contributed by atoms with Gasteiger partial charge in [-0.3, -0.25) is 10.1 Å². The number of rotatable bonds is 7. The van der Waals surface area contributed by atoms with E-state index in [0.29, 0.717) is 18.0 Å². The molecule has 1 aromatic carbocycles. The number of terminal acetylenes is 1. The van der Waals surface area contributed by atoms with Gasteiger partial charge in [-0.05, 0) is 13.3 Å². The molecule has 1 aromatic rings. The lowest BCUT2D eigenvalue weighted by molar-refractivity contribution is -0.384. The van der Waals surface area contributed by atoms with Crippen molar-refractivity contribution in [2.45, 2.75) is 32.7 Å². The Bertz CT molecular complexity index is 480. The Hall–Kier alpha value is -2.22. The summed E-state index contributed by atoms with van der Waals surface area (Å²) in [6, 6.07) is 4.44. The van der Waals surface area contributed by atoms with E-state index in [4.69, 9.17) is 11.2 Å². The van der Waals surface area contributed by atoms with E-state index in [9.17, 15) is 10.1 Å². The number of nitro benzene ring substituents is 1. The van der Waals surface area contributed by atoms with E-state index >= 15 is 0 Å². The van der Waals surface area contributed by atoms with Crippen LogP contribution in [0, 0.1) is 22.5 Å². The molecule has 0 fully saturated rings. The van der Waals surface area contributed by atoms with Crippen molar-refractivity contribution in [3.05, 3.63) is 28.3 Å². The zero-order chi connectivity index (χ0) is 14.3. The van der Waals surface area contributed by atoms with Crippen LogP contribution in [0.5, 0.6) is 5.75 Å². The van der Waals surface area contributed by atoms with Gasteiger partial charge >= 0.3 is 0 Å². The van der Waals surface area contributed by atoms with Crippen LogP contribution < -0.4 is 10.1 Å². The van der Waals surface area contributed by atoms with Crippen LogP contribution in [0.25, 0.3) is 0 Å². The molecular formula is C14H18N2O3. The molecule has 102 valence electrons. The minimum absolute atomic E-state index is 0.0132. The highest BCUT2D eigenvalue weighted by molar-refractivity contribution is 5.57. The van der Waals surface area contributed by atoms with Crippen molar-refractivity contribution >= 4 is 11.4 Å². The van der Waals surface area contributed by atoms with Crippen molar-refractivity contribution in [2.24, 2.45) is 0 Å². The van der Waals surface area contributed by atoms with Crippen molar-refractivity contribution in [3.8, 4) is 18.1 Å². The summed E-state index contributed by atoms with van der Waals surface area (Å²) in [5.41, 5.74) is 0.592. The first kappa shape index (κ1) is 14.8. The SMILES string of the molecule is C#CC(CCC)Nc1cc(OCC)cc([N+](=O)[O-])c1. The summed E-state index contributed by atoms with van der Waals surface area (Å²) in [5.74, 6) is 3.09. The monoisotopic (exact) mass is 262 g/mol. The smallest absolute Gasteiger partial charge is 0.275 e. The maximum Gasteiger partial charge on any atom is 0.275 e. The maximum absolute atomic E-state index is 10.9. The minimum atomic E-state index is -0.446. The summed E-state index contributed by atoms with van der Waals surface area (Å²) in [6.45, 7) is 4.31. The zero-order valence-electron chi connectivity index (χ0n) is 11.2. The van der Waals surface area contributed by atoms with E-state index in [1.54, 1.807) is 6.07 Å². The van der Waals surface area contributed by atoms with Crippen LogP contribution in [0.3, 0.4) is 0 Å². The maximum atomic E-state index is 10.9. The summed E-state index contributed by atoms with van der Waals surface area (Å²) in [5, 5.41) is 14.0. The highest BCUT2D eigenvalue weighted by Crippen LogP contribution is 2.26. The Kier molecular flexibility index (Phi) is 5.68. The molecular weight excluding hydrogens is 244 g/mol. The Balaban J connectivity index is 2.98. The van der Waals surface area contributed by atoms with Gasteiger partial charge in [-0.15, -0.1) is 6.42 Å². The molecule has 0 saturated heterocycles. The first-order valence-corrected chi connectivity index (χ1v) is 6.25. The third kappa shape index (κ3) is 4.51. The lowest BCUT2D eigenvalue weighted by Crippen LogP contribution is -2.16. The van der Waals surface area contributed by atoms with Gasteiger partial charge in [0.15, 0.2) is 0 Å². The van der Waals surface area contributed by atoms with Crippen LogP contribution in [0.4, 0.5) is 11.4 Å². The van der Waals surface area contributed by atoms with Crippen molar-refractivity contribution < 1.29 is 9.66 Å². The number of hydrogen-bond donors (Lipinski definition) is 1. The van der Waals surface area contributed by atoms with Crippen LogP contribution >= 0.6 is 0 Å². The Morgan fingerprint density at radius 3 is 2.74 bits per heavy atom. The summed E-state index contributed by atoms with van der Waals surface area (Å²) in [7, 11) is 0. The second kappa shape index (κ2) is 7.27. The van der Waals surface area contributed by atoms with Gasteiger partial charge in [0, 0.05) is 17.8 Å². The third-order valence-corrected chi connectivity index (χ3v) is 2.53. The molecule has 0 aromatic heterocycles. The van der Waals surface area contributed by atoms with E-state index < -0.39 is 4.92 Å². The van der Waals surface area contributed by atoms with Crippen molar-refractivity contribution in [1.82, 2.24) is 0 Å². The number of non-ortho nitro benzene ring substituents is 1. The van der Waals surface area contributed by atoms with Crippen molar-refractivity contribution in [3.63, 3.8) is 0 Å². The van der Waals surface area contributed by atoms with E-state index in [0.717, 1.165) is 12.8 Å². The minimum Gasteiger partial charge on any atom is -0.494 e. The lowest BCUT2D eigenvalue weighted by atomic mass is 10.1. The summed E-state index contributed by atoms with van der Waals surface area (Å²) in [4.78, 5) is 10.4. The zero-order valence-corrected chi connectivity index (χ0v) is 11.2. The van der Waals surface area contributed by atoms with Crippen molar-refractivity contribution in [2.75, 3.05) is 11.9 Å².